The van der Waals surface area contributed by atoms with Gasteiger partial charge in [0, 0.05) is 5.02 Å². The van der Waals surface area contributed by atoms with Crippen molar-refractivity contribution in [1.29, 1.82) is 0 Å². The summed E-state index contributed by atoms with van der Waals surface area (Å²) in [4.78, 5) is 0. The zero-order chi connectivity index (χ0) is 13.1. The number of hydrogen-bond donors (Lipinski definition) is 1. The van der Waals surface area contributed by atoms with Gasteiger partial charge < -0.3 is 5.11 Å². The van der Waals surface area contributed by atoms with E-state index in [4.69, 9.17) is 11.6 Å². The molecule has 0 saturated heterocycles. The Hall–Kier alpha value is -0.530. The van der Waals surface area contributed by atoms with Crippen LogP contribution in [0.25, 0.3) is 0 Å². The predicted octanol–water partition coefficient (Wildman–Crippen LogP) is 4.32. The highest BCUT2D eigenvalue weighted by molar-refractivity contribution is 6.30. The van der Waals surface area contributed by atoms with Gasteiger partial charge in [0.25, 0.3) is 0 Å². The summed E-state index contributed by atoms with van der Waals surface area (Å²) in [5.41, 5.74) is 1.14. The lowest BCUT2D eigenvalue weighted by molar-refractivity contribution is 0.0570. The van der Waals surface area contributed by atoms with Gasteiger partial charge in [0.1, 0.15) is 0 Å². The average molecular weight is 267 g/mol. The van der Waals surface area contributed by atoms with Crippen molar-refractivity contribution < 1.29 is 5.11 Å². The summed E-state index contributed by atoms with van der Waals surface area (Å²) >= 11 is 5.97. The minimum Gasteiger partial charge on any atom is -0.392 e. The Morgan fingerprint density at radius 3 is 2.72 bits per heavy atom. The van der Waals surface area contributed by atoms with Crippen LogP contribution in [-0.2, 0) is 6.42 Å². The molecule has 1 fully saturated rings. The van der Waals surface area contributed by atoms with Gasteiger partial charge in [-0.25, -0.2) is 0 Å². The third-order valence-electron chi connectivity index (χ3n) is 4.52. The average Bonchev–Trinajstić information content (AvgIpc) is 2.32. The number of rotatable bonds is 3. The molecule has 2 rings (SSSR count). The number of aliphatic hydroxyl groups excluding tert-OH is 1. The Morgan fingerprint density at radius 2 is 2.06 bits per heavy atom. The highest BCUT2D eigenvalue weighted by Crippen LogP contribution is 2.35. The Kier molecular flexibility index (Phi) is 4.69. The van der Waals surface area contributed by atoms with Crippen LogP contribution in [0.3, 0.4) is 0 Å². The maximum absolute atomic E-state index is 10.4. The van der Waals surface area contributed by atoms with Crippen molar-refractivity contribution in [2.75, 3.05) is 0 Å². The predicted molar refractivity (Wildman–Crippen MR) is 76.8 cm³/mol. The molecule has 1 aliphatic carbocycles. The van der Waals surface area contributed by atoms with E-state index in [0.717, 1.165) is 41.7 Å². The van der Waals surface area contributed by atoms with Gasteiger partial charge in [0.15, 0.2) is 0 Å². The molecule has 0 amide bonds. The molecule has 1 N–H and O–H groups in total. The number of benzene rings is 1. The van der Waals surface area contributed by atoms with Crippen molar-refractivity contribution in [2.45, 2.75) is 45.6 Å². The summed E-state index contributed by atoms with van der Waals surface area (Å²) in [6, 6.07) is 7.83. The minimum absolute atomic E-state index is 0.224. The molecule has 2 heteroatoms. The second-order valence-corrected chi connectivity index (χ2v) is 6.37. The Labute approximate surface area is 115 Å². The van der Waals surface area contributed by atoms with Crippen LogP contribution in [0.1, 0.15) is 38.7 Å². The van der Waals surface area contributed by atoms with Crippen molar-refractivity contribution >= 4 is 11.6 Å². The lowest BCUT2D eigenvalue weighted by Gasteiger charge is -2.34. The summed E-state index contributed by atoms with van der Waals surface area (Å²) in [7, 11) is 0. The molecule has 0 aromatic heterocycles. The molecule has 1 aromatic carbocycles. The number of halogens is 1. The van der Waals surface area contributed by atoms with Crippen molar-refractivity contribution in [2.24, 2.45) is 17.8 Å². The fourth-order valence-electron chi connectivity index (χ4n) is 3.01. The zero-order valence-electron chi connectivity index (χ0n) is 11.3. The highest BCUT2D eigenvalue weighted by atomic mass is 35.5. The van der Waals surface area contributed by atoms with Crippen LogP contribution < -0.4 is 0 Å². The maximum atomic E-state index is 10.4. The summed E-state index contributed by atoms with van der Waals surface area (Å²) in [6.45, 7) is 4.63. The van der Waals surface area contributed by atoms with Gasteiger partial charge >= 0.3 is 0 Å². The molecule has 4 unspecified atom stereocenters. The third kappa shape index (κ3) is 3.49. The van der Waals surface area contributed by atoms with Gasteiger partial charge in [-0.15, -0.1) is 0 Å². The lowest BCUT2D eigenvalue weighted by atomic mass is 9.73. The standard InChI is InChI=1S/C16H23ClO/c1-11-6-7-14(8-12(11)2)16(18)10-13-4-3-5-15(17)9-13/h3-5,9,11-12,14,16,18H,6-8,10H2,1-2H3. The molecule has 0 aliphatic heterocycles. The summed E-state index contributed by atoms with van der Waals surface area (Å²) in [6.07, 6.45) is 4.07. The Balaban J connectivity index is 1.94. The Bertz CT molecular complexity index is 390. The fourth-order valence-corrected chi connectivity index (χ4v) is 3.22. The third-order valence-corrected chi connectivity index (χ3v) is 4.75. The summed E-state index contributed by atoms with van der Waals surface area (Å²) < 4.78 is 0. The van der Waals surface area contributed by atoms with Gasteiger partial charge in [-0.1, -0.05) is 44.0 Å². The number of hydrogen-bond acceptors (Lipinski definition) is 1. The molecule has 0 heterocycles. The van der Waals surface area contributed by atoms with Gasteiger partial charge in [-0.05, 0) is 54.7 Å². The van der Waals surface area contributed by atoms with E-state index in [0.29, 0.717) is 5.92 Å². The number of aliphatic hydroxyl groups is 1. The quantitative estimate of drug-likeness (QED) is 0.864. The van der Waals surface area contributed by atoms with Crippen LogP contribution in [0, 0.1) is 17.8 Å². The molecule has 0 spiro atoms. The van der Waals surface area contributed by atoms with E-state index < -0.39 is 0 Å². The van der Waals surface area contributed by atoms with E-state index in [2.05, 4.69) is 13.8 Å². The largest absolute Gasteiger partial charge is 0.392 e. The van der Waals surface area contributed by atoms with E-state index in [1.165, 1.54) is 6.42 Å². The van der Waals surface area contributed by atoms with Gasteiger partial charge in [0.2, 0.25) is 0 Å². The van der Waals surface area contributed by atoms with E-state index in [-0.39, 0.29) is 6.10 Å². The molecule has 100 valence electrons. The van der Waals surface area contributed by atoms with Crippen LogP contribution in [0.5, 0.6) is 0 Å². The first-order valence-corrected chi connectivity index (χ1v) is 7.36. The molecule has 1 aliphatic rings. The van der Waals surface area contributed by atoms with Crippen LogP contribution in [-0.4, -0.2) is 11.2 Å². The topological polar surface area (TPSA) is 20.2 Å². The van der Waals surface area contributed by atoms with Crippen LogP contribution >= 0.6 is 11.6 Å². The SMILES string of the molecule is CC1CCC(C(O)Cc2cccc(Cl)c2)CC1C. The smallest absolute Gasteiger partial charge is 0.0608 e. The fraction of sp³-hybridized carbons (Fsp3) is 0.625. The molecule has 1 nitrogen and oxygen atoms in total. The van der Waals surface area contributed by atoms with Crippen LogP contribution in [0.2, 0.25) is 5.02 Å². The molecule has 18 heavy (non-hydrogen) atoms. The highest BCUT2D eigenvalue weighted by Gasteiger charge is 2.29. The van der Waals surface area contributed by atoms with E-state index in [9.17, 15) is 5.11 Å². The lowest BCUT2D eigenvalue weighted by Crippen LogP contribution is -2.30. The van der Waals surface area contributed by atoms with Crippen LogP contribution in [0.4, 0.5) is 0 Å². The first-order valence-electron chi connectivity index (χ1n) is 6.98. The van der Waals surface area contributed by atoms with Crippen molar-refractivity contribution in [1.82, 2.24) is 0 Å². The first kappa shape index (κ1) is 13.9. The monoisotopic (exact) mass is 266 g/mol. The van der Waals surface area contributed by atoms with E-state index in [1.54, 1.807) is 0 Å². The Morgan fingerprint density at radius 1 is 1.28 bits per heavy atom. The molecule has 0 radical (unpaired) electrons. The van der Waals surface area contributed by atoms with Gasteiger partial charge in [0.05, 0.1) is 6.10 Å². The normalized spacial score (nSPS) is 30.1. The zero-order valence-corrected chi connectivity index (χ0v) is 12.0. The van der Waals surface area contributed by atoms with Crippen molar-refractivity contribution in [3.63, 3.8) is 0 Å². The van der Waals surface area contributed by atoms with Crippen molar-refractivity contribution in [3.05, 3.63) is 34.9 Å². The second-order valence-electron chi connectivity index (χ2n) is 5.93. The summed E-state index contributed by atoms with van der Waals surface area (Å²) in [5.74, 6) is 1.99. The molecule has 0 bridgehead atoms. The van der Waals surface area contributed by atoms with E-state index in [1.807, 2.05) is 24.3 Å². The first-order chi connectivity index (χ1) is 8.56. The van der Waals surface area contributed by atoms with E-state index >= 15 is 0 Å². The second kappa shape index (κ2) is 6.08. The molecule has 1 saturated carbocycles. The molecular weight excluding hydrogens is 244 g/mol. The van der Waals surface area contributed by atoms with Gasteiger partial charge in [-0.2, -0.15) is 0 Å². The van der Waals surface area contributed by atoms with Crippen LogP contribution in [0.15, 0.2) is 24.3 Å². The van der Waals surface area contributed by atoms with Crippen molar-refractivity contribution in [3.8, 4) is 0 Å². The minimum atomic E-state index is -0.224. The van der Waals surface area contributed by atoms with Gasteiger partial charge in [-0.3, -0.25) is 0 Å². The molecular formula is C16H23ClO. The molecule has 1 aromatic rings. The summed E-state index contributed by atoms with van der Waals surface area (Å²) in [5, 5.41) is 11.1. The molecule has 4 atom stereocenters. The maximum Gasteiger partial charge on any atom is 0.0608 e.